The van der Waals surface area contributed by atoms with Gasteiger partial charge in [-0.3, -0.25) is 4.99 Å². The van der Waals surface area contributed by atoms with Crippen LogP contribution >= 0.6 is 0 Å². The predicted octanol–water partition coefficient (Wildman–Crippen LogP) is 1.98. The number of nitrogens with zero attached hydrogens (tertiary/aromatic N) is 3. The van der Waals surface area contributed by atoms with E-state index in [2.05, 4.69) is 44.1 Å². The van der Waals surface area contributed by atoms with Crippen LogP contribution in [0.5, 0.6) is 5.75 Å². The van der Waals surface area contributed by atoms with Crippen LogP contribution in [0.2, 0.25) is 0 Å². The molecule has 0 saturated carbocycles. The van der Waals surface area contributed by atoms with Crippen LogP contribution in [0, 0.1) is 0 Å². The molecule has 0 bridgehead atoms. The van der Waals surface area contributed by atoms with Crippen molar-refractivity contribution in [3.05, 3.63) is 24.3 Å². The topological polar surface area (TPSA) is 52.1 Å². The van der Waals surface area contributed by atoms with Gasteiger partial charge in [-0.2, -0.15) is 8.78 Å². The minimum atomic E-state index is -2.82. The van der Waals surface area contributed by atoms with Gasteiger partial charge < -0.3 is 25.2 Å². The van der Waals surface area contributed by atoms with E-state index >= 15 is 0 Å². The molecule has 26 heavy (non-hydrogen) atoms. The van der Waals surface area contributed by atoms with Crippen molar-refractivity contribution >= 4 is 11.6 Å². The molecule has 1 fully saturated rings. The average Bonchev–Trinajstić information content (AvgIpc) is 3.09. The molecule has 8 heteroatoms. The lowest BCUT2D eigenvalue weighted by molar-refractivity contribution is -0.0495. The molecular weight excluding hydrogens is 340 g/mol. The van der Waals surface area contributed by atoms with E-state index in [-0.39, 0.29) is 11.8 Å². The first-order valence-electron chi connectivity index (χ1n) is 8.98. The van der Waals surface area contributed by atoms with Gasteiger partial charge in [-0.25, -0.2) is 0 Å². The fraction of sp³-hybridized carbons (Fsp3) is 0.611. The number of hydrogen-bond donors (Lipinski definition) is 2. The summed E-state index contributed by atoms with van der Waals surface area (Å²) in [5.41, 5.74) is 0.699. The number of para-hydroxylation sites is 2. The fourth-order valence-corrected chi connectivity index (χ4v) is 2.92. The molecule has 1 aromatic rings. The van der Waals surface area contributed by atoms with E-state index in [9.17, 15) is 8.78 Å². The SMILES string of the molecule is CCN(C)CCNC(=NC)NC1CCN(c2ccccc2OC(F)F)C1. The summed E-state index contributed by atoms with van der Waals surface area (Å²) in [6.45, 7) is 3.53. The van der Waals surface area contributed by atoms with E-state index in [1.165, 1.54) is 0 Å². The number of ether oxygens (including phenoxy) is 1. The maximum Gasteiger partial charge on any atom is 0.387 e. The van der Waals surface area contributed by atoms with Gasteiger partial charge in [0.2, 0.25) is 0 Å². The molecule has 0 aromatic heterocycles. The highest BCUT2D eigenvalue weighted by Crippen LogP contribution is 2.31. The van der Waals surface area contributed by atoms with Gasteiger partial charge in [-0.1, -0.05) is 19.1 Å². The number of hydrogen-bond acceptors (Lipinski definition) is 4. The van der Waals surface area contributed by atoms with Gasteiger partial charge >= 0.3 is 6.61 Å². The molecular formula is C18H29F2N5O. The van der Waals surface area contributed by atoms with Gasteiger partial charge in [0.25, 0.3) is 0 Å². The Morgan fingerprint density at radius 3 is 2.88 bits per heavy atom. The average molecular weight is 369 g/mol. The number of benzene rings is 1. The van der Waals surface area contributed by atoms with E-state index in [0.717, 1.165) is 38.6 Å². The van der Waals surface area contributed by atoms with Gasteiger partial charge in [0.15, 0.2) is 5.96 Å². The van der Waals surface area contributed by atoms with Crippen molar-refractivity contribution < 1.29 is 13.5 Å². The number of anilines is 1. The van der Waals surface area contributed by atoms with E-state index in [1.54, 1.807) is 19.2 Å². The number of aliphatic imine (C=N–C) groups is 1. The normalized spacial score (nSPS) is 17.9. The monoisotopic (exact) mass is 369 g/mol. The molecule has 1 aliphatic heterocycles. The zero-order chi connectivity index (χ0) is 18.9. The Morgan fingerprint density at radius 2 is 2.19 bits per heavy atom. The van der Waals surface area contributed by atoms with Crippen molar-refractivity contribution in [2.45, 2.75) is 26.0 Å². The van der Waals surface area contributed by atoms with Gasteiger partial charge in [0.05, 0.1) is 5.69 Å². The van der Waals surface area contributed by atoms with Crippen LogP contribution in [-0.2, 0) is 0 Å². The van der Waals surface area contributed by atoms with Crippen LogP contribution in [0.25, 0.3) is 0 Å². The second kappa shape index (κ2) is 10.2. The number of alkyl halides is 2. The number of nitrogens with one attached hydrogen (secondary N) is 2. The van der Waals surface area contributed by atoms with E-state index in [1.807, 2.05) is 12.1 Å². The minimum absolute atomic E-state index is 0.199. The Hall–Kier alpha value is -2.09. The molecule has 1 aromatic carbocycles. The lowest BCUT2D eigenvalue weighted by Gasteiger charge is -2.23. The zero-order valence-electron chi connectivity index (χ0n) is 15.7. The minimum Gasteiger partial charge on any atom is -0.433 e. The van der Waals surface area contributed by atoms with Crippen LogP contribution in [0.4, 0.5) is 14.5 Å². The molecule has 1 heterocycles. The first kappa shape index (κ1) is 20.2. The van der Waals surface area contributed by atoms with Gasteiger partial charge in [0, 0.05) is 39.3 Å². The molecule has 2 rings (SSSR count). The molecule has 1 aliphatic rings. The summed E-state index contributed by atoms with van der Waals surface area (Å²) in [7, 11) is 3.82. The second-order valence-electron chi connectivity index (χ2n) is 6.32. The third kappa shape index (κ3) is 6.01. The molecule has 0 aliphatic carbocycles. The highest BCUT2D eigenvalue weighted by atomic mass is 19.3. The number of rotatable bonds is 8. The largest absolute Gasteiger partial charge is 0.433 e. The van der Waals surface area contributed by atoms with Crippen molar-refractivity contribution in [2.75, 3.05) is 51.7 Å². The Labute approximate surface area is 154 Å². The Morgan fingerprint density at radius 1 is 1.42 bits per heavy atom. The van der Waals surface area contributed by atoms with Crippen LogP contribution in [0.15, 0.2) is 29.3 Å². The lowest BCUT2D eigenvalue weighted by atomic mass is 10.2. The smallest absolute Gasteiger partial charge is 0.387 e. The number of halogens is 2. The summed E-state index contributed by atoms with van der Waals surface area (Å²) in [4.78, 5) is 8.55. The third-order valence-electron chi connectivity index (χ3n) is 4.50. The van der Waals surface area contributed by atoms with E-state index < -0.39 is 6.61 Å². The van der Waals surface area contributed by atoms with Crippen molar-refractivity contribution in [1.82, 2.24) is 15.5 Å². The van der Waals surface area contributed by atoms with E-state index in [4.69, 9.17) is 0 Å². The second-order valence-corrected chi connectivity index (χ2v) is 6.32. The van der Waals surface area contributed by atoms with Crippen molar-refractivity contribution in [3.63, 3.8) is 0 Å². The summed E-state index contributed by atoms with van der Waals surface area (Å²) in [5, 5.41) is 6.72. The molecule has 146 valence electrons. The maximum atomic E-state index is 12.6. The lowest BCUT2D eigenvalue weighted by Crippen LogP contribution is -2.46. The maximum absolute atomic E-state index is 12.6. The Bertz CT molecular complexity index is 584. The van der Waals surface area contributed by atoms with Crippen molar-refractivity contribution in [2.24, 2.45) is 4.99 Å². The Kier molecular flexibility index (Phi) is 7.90. The molecule has 2 N–H and O–H groups in total. The highest BCUT2D eigenvalue weighted by Gasteiger charge is 2.25. The summed E-state index contributed by atoms with van der Waals surface area (Å²) >= 11 is 0. The summed E-state index contributed by atoms with van der Waals surface area (Å²) in [6, 6.07) is 7.12. The molecule has 0 radical (unpaired) electrons. The molecule has 0 amide bonds. The highest BCUT2D eigenvalue weighted by molar-refractivity contribution is 5.80. The van der Waals surface area contributed by atoms with Crippen LogP contribution in [-0.4, -0.2) is 70.3 Å². The first-order valence-corrected chi connectivity index (χ1v) is 8.98. The van der Waals surface area contributed by atoms with Crippen LogP contribution < -0.4 is 20.3 Å². The van der Waals surface area contributed by atoms with Crippen molar-refractivity contribution in [3.8, 4) is 5.75 Å². The summed E-state index contributed by atoms with van der Waals surface area (Å²) in [5.74, 6) is 0.978. The Balaban J connectivity index is 1.88. The molecule has 1 unspecified atom stereocenters. The third-order valence-corrected chi connectivity index (χ3v) is 4.50. The summed E-state index contributed by atoms with van der Waals surface area (Å²) in [6.07, 6.45) is 0.901. The fourth-order valence-electron chi connectivity index (χ4n) is 2.92. The molecule has 1 saturated heterocycles. The zero-order valence-corrected chi connectivity index (χ0v) is 15.7. The van der Waals surface area contributed by atoms with Crippen molar-refractivity contribution in [1.29, 1.82) is 0 Å². The van der Waals surface area contributed by atoms with Gasteiger partial charge in [0.1, 0.15) is 5.75 Å². The molecule has 6 nitrogen and oxygen atoms in total. The first-order chi connectivity index (χ1) is 12.5. The van der Waals surface area contributed by atoms with Gasteiger partial charge in [-0.05, 0) is 32.1 Å². The van der Waals surface area contributed by atoms with E-state index in [0.29, 0.717) is 12.2 Å². The number of likely N-dealkylation sites (N-methyl/N-ethyl adjacent to an activating group) is 1. The van der Waals surface area contributed by atoms with Gasteiger partial charge in [-0.15, -0.1) is 0 Å². The number of guanidine groups is 1. The predicted molar refractivity (Wildman–Crippen MR) is 101 cm³/mol. The standard InChI is InChI=1S/C18H29F2N5O/c1-4-24(3)12-10-22-18(21-2)23-14-9-11-25(13-14)15-7-5-6-8-16(15)26-17(19)20/h5-8,14,17H,4,9-13H2,1-3H3,(H2,21,22,23). The van der Waals surface area contributed by atoms with Crippen LogP contribution in [0.1, 0.15) is 13.3 Å². The van der Waals surface area contributed by atoms with Crippen LogP contribution in [0.3, 0.4) is 0 Å². The summed E-state index contributed by atoms with van der Waals surface area (Å²) < 4.78 is 29.8. The molecule has 0 spiro atoms. The quantitative estimate of drug-likeness (QED) is 0.542. The molecule has 1 atom stereocenters.